The predicted molar refractivity (Wildman–Crippen MR) is 136 cm³/mol. The summed E-state index contributed by atoms with van der Waals surface area (Å²) in [5.41, 5.74) is 8.20. The van der Waals surface area contributed by atoms with Crippen molar-refractivity contribution in [2.75, 3.05) is 7.11 Å². The van der Waals surface area contributed by atoms with Crippen molar-refractivity contribution < 1.29 is 14.3 Å². The maximum atomic E-state index is 12.9. The lowest BCUT2D eigenvalue weighted by molar-refractivity contribution is -0.134. The fraction of sp³-hybridized carbons (Fsp3) is 0.133. The first-order valence-corrected chi connectivity index (χ1v) is 12.5. The number of nitrogens with zero attached hydrogens (tertiary/aromatic N) is 1. The largest absolute Gasteiger partial charge is 0.462 e. The SMILES string of the molecule is COC(=O)C1=N[C@]2(SC23c2ccccc2-c2ccccc23)C2(O1)c1ccccc1-c1ccccc12. The number of hydrogen-bond acceptors (Lipinski definition) is 5. The van der Waals surface area contributed by atoms with Crippen LogP contribution in [-0.4, -0.2) is 23.8 Å². The van der Waals surface area contributed by atoms with Crippen molar-refractivity contribution in [3.63, 3.8) is 0 Å². The summed E-state index contributed by atoms with van der Waals surface area (Å²) in [6.45, 7) is 0. The lowest BCUT2D eigenvalue weighted by Crippen LogP contribution is -2.43. The number of carbonyl (C=O) groups excluding carboxylic acids is 1. The van der Waals surface area contributed by atoms with Crippen molar-refractivity contribution in [3.05, 3.63) is 119 Å². The number of hydrogen-bond donors (Lipinski definition) is 0. The van der Waals surface area contributed by atoms with Crippen LogP contribution in [-0.2, 0) is 24.6 Å². The monoisotopic (exact) mass is 473 g/mol. The van der Waals surface area contributed by atoms with Crippen LogP contribution < -0.4 is 0 Å². The molecule has 2 aliphatic heterocycles. The van der Waals surface area contributed by atoms with Gasteiger partial charge >= 0.3 is 5.97 Å². The van der Waals surface area contributed by atoms with E-state index < -0.39 is 21.2 Å². The maximum absolute atomic E-state index is 12.9. The summed E-state index contributed by atoms with van der Waals surface area (Å²) < 4.78 is 11.4. The third-order valence-corrected chi connectivity index (χ3v) is 9.71. The second-order valence-electron chi connectivity index (χ2n) is 9.30. The molecular weight excluding hydrogens is 454 g/mol. The molecule has 0 N–H and O–H groups in total. The number of ether oxygens (including phenoxy) is 2. The minimum absolute atomic E-state index is 0.0326. The van der Waals surface area contributed by atoms with Gasteiger partial charge in [0.1, 0.15) is 4.75 Å². The summed E-state index contributed by atoms with van der Waals surface area (Å²) in [5.74, 6) is -0.518. The molecule has 4 aromatic carbocycles. The number of aliphatic imine (C=N–C) groups is 1. The van der Waals surface area contributed by atoms with Gasteiger partial charge in [-0.05, 0) is 33.4 Å². The van der Waals surface area contributed by atoms with E-state index in [2.05, 4.69) is 72.8 Å². The zero-order chi connectivity index (χ0) is 23.4. The normalized spacial score (nSPS) is 22.3. The van der Waals surface area contributed by atoms with Gasteiger partial charge in [0.05, 0.1) is 7.11 Å². The zero-order valence-electron chi connectivity index (χ0n) is 18.8. The van der Waals surface area contributed by atoms with Gasteiger partial charge in [-0.25, -0.2) is 9.79 Å². The Kier molecular flexibility index (Phi) is 3.47. The van der Waals surface area contributed by atoms with E-state index >= 15 is 0 Å². The van der Waals surface area contributed by atoms with Crippen LogP contribution in [0.3, 0.4) is 0 Å². The summed E-state index contributed by atoms with van der Waals surface area (Å²) in [5, 5.41) is 0. The third kappa shape index (κ3) is 1.97. The Morgan fingerprint density at radius 3 is 1.63 bits per heavy atom. The standard InChI is InChI=1S/C30H19NO3S/c1-33-27(32)26-31-30(28(34-26)22-14-6-2-10-18(22)19-11-3-7-15-23(19)28)29(35-30)24-16-8-4-12-20(24)21-13-5-9-17-25(21)29/h2-17H,1H3/t30-/m0/s1. The van der Waals surface area contributed by atoms with Gasteiger partial charge in [0.25, 0.3) is 5.90 Å². The molecule has 1 fully saturated rings. The van der Waals surface area contributed by atoms with Gasteiger partial charge in [-0.2, -0.15) is 0 Å². The van der Waals surface area contributed by atoms with E-state index in [0.29, 0.717) is 0 Å². The summed E-state index contributed by atoms with van der Waals surface area (Å²) >= 11 is 1.78. The lowest BCUT2D eigenvalue weighted by atomic mass is 9.75. The first kappa shape index (κ1) is 19.5. The Hall–Kier alpha value is -3.83. The maximum Gasteiger partial charge on any atom is 0.393 e. The molecule has 0 radical (unpaired) electrons. The second-order valence-corrected chi connectivity index (χ2v) is 10.7. The smallest absolute Gasteiger partial charge is 0.393 e. The minimum atomic E-state index is -0.959. The number of esters is 1. The quantitative estimate of drug-likeness (QED) is 0.256. The Morgan fingerprint density at radius 1 is 0.714 bits per heavy atom. The summed E-state index contributed by atoms with van der Waals surface area (Å²) in [7, 11) is 1.37. The molecule has 5 heteroatoms. The Labute approximate surface area is 206 Å². The molecule has 1 saturated heterocycles. The van der Waals surface area contributed by atoms with Crippen LogP contribution in [0.1, 0.15) is 22.3 Å². The van der Waals surface area contributed by atoms with E-state index in [1.165, 1.54) is 29.4 Å². The van der Waals surface area contributed by atoms with Crippen molar-refractivity contribution in [2.45, 2.75) is 15.2 Å². The predicted octanol–water partition coefficient (Wildman–Crippen LogP) is 5.88. The van der Waals surface area contributed by atoms with Gasteiger partial charge in [-0.15, -0.1) is 11.8 Å². The van der Waals surface area contributed by atoms with E-state index in [4.69, 9.17) is 14.5 Å². The molecule has 1 atom stereocenters. The molecule has 0 saturated carbocycles. The highest BCUT2D eigenvalue weighted by atomic mass is 32.2. The number of rotatable bonds is 1. The Balaban J connectivity index is 1.50. The van der Waals surface area contributed by atoms with Crippen LogP contribution >= 0.6 is 11.8 Å². The third-order valence-electron chi connectivity index (χ3n) is 7.89. The molecule has 4 aromatic rings. The molecule has 35 heavy (non-hydrogen) atoms. The lowest BCUT2D eigenvalue weighted by Gasteiger charge is -2.33. The fourth-order valence-electron chi connectivity index (χ4n) is 6.59. The molecule has 0 amide bonds. The number of thioether (sulfide) groups is 1. The fourth-order valence-corrected chi connectivity index (χ4v) is 8.50. The highest BCUT2D eigenvalue weighted by Gasteiger charge is 2.87. The number of carbonyl (C=O) groups is 1. The molecule has 0 unspecified atom stereocenters. The van der Waals surface area contributed by atoms with Gasteiger partial charge < -0.3 is 9.47 Å². The highest BCUT2D eigenvalue weighted by molar-refractivity contribution is 8.09. The Bertz CT molecular complexity index is 1550. The second kappa shape index (κ2) is 6.23. The first-order chi connectivity index (χ1) is 17.2. The van der Waals surface area contributed by atoms with Crippen LogP contribution in [0, 0.1) is 0 Å². The van der Waals surface area contributed by atoms with Gasteiger partial charge in [-0.1, -0.05) is 97.1 Å². The molecule has 4 nitrogen and oxygen atoms in total. The van der Waals surface area contributed by atoms with Crippen LogP contribution in [0.5, 0.6) is 0 Å². The van der Waals surface area contributed by atoms with Gasteiger partial charge in [0, 0.05) is 11.1 Å². The number of benzene rings is 4. The minimum Gasteiger partial charge on any atom is -0.462 e. The molecule has 0 aromatic heterocycles. The summed E-state index contributed by atoms with van der Waals surface area (Å²) in [4.78, 5) is 17.3. The van der Waals surface area contributed by atoms with Crippen LogP contribution in [0.15, 0.2) is 102 Å². The molecule has 4 aliphatic rings. The van der Waals surface area contributed by atoms with E-state index in [-0.39, 0.29) is 5.90 Å². The summed E-state index contributed by atoms with van der Waals surface area (Å²) in [6.07, 6.45) is 0. The molecule has 2 heterocycles. The zero-order valence-corrected chi connectivity index (χ0v) is 19.6. The van der Waals surface area contributed by atoms with Crippen LogP contribution in [0.4, 0.5) is 0 Å². The molecule has 3 spiro atoms. The molecule has 8 rings (SSSR count). The average Bonchev–Trinajstić information content (AvgIpc) is 3.18. The van der Waals surface area contributed by atoms with Crippen molar-refractivity contribution in [1.82, 2.24) is 0 Å². The average molecular weight is 474 g/mol. The number of methoxy groups -OCH3 is 1. The first-order valence-electron chi connectivity index (χ1n) is 11.6. The molecule has 0 bridgehead atoms. The van der Waals surface area contributed by atoms with Crippen molar-refractivity contribution in [3.8, 4) is 22.3 Å². The van der Waals surface area contributed by atoms with E-state index in [0.717, 1.165) is 22.3 Å². The van der Waals surface area contributed by atoms with Crippen molar-refractivity contribution in [1.29, 1.82) is 0 Å². The number of fused-ring (bicyclic) bond motifs is 12. The van der Waals surface area contributed by atoms with E-state index in [1.54, 1.807) is 11.8 Å². The molecular formula is C30H19NO3S. The summed E-state index contributed by atoms with van der Waals surface area (Å²) in [6, 6.07) is 33.8. The van der Waals surface area contributed by atoms with E-state index in [9.17, 15) is 4.79 Å². The van der Waals surface area contributed by atoms with Gasteiger partial charge in [0.15, 0.2) is 10.5 Å². The van der Waals surface area contributed by atoms with Crippen LogP contribution in [0.25, 0.3) is 22.3 Å². The highest BCUT2D eigenvalue weighted by Crippen LogP contribution is 2.86. The Morgan fingerprint density at radius 2 is 1.14 bits per heavy atom. The molecule has 2 aliphatic carbocycles. The van der Waals surface area contributed by atoms with Crippen molar-refractivity contribution in [2.24, 2.45) is 4.99 Å². The van der Waals surface area contributed by atoms with Gasteiger partial charge in [0.2, 0.25) is 0 Å². The topological polar surface area (TPSA) is 47.9 Å². The van der Waals surface area contributed by atoms with Crippen molar-refractivity contribution >= 4 is 23.6 Å². The molecule has 168 valence electrons. The van der Waals surface area contributed by atoms with E-state index in [1.807, 2.05) is 24.3 Å². The van der Waals surface area contributed by atoms with Crippen LogP contribution in [0.2, 0.25) is 0 Å². The van der Waals surface area contributed by atoms with Gasteiger partial charge in [-0.3, -0.25) is 0 Å².